The van der Waals surface area contributed by atoms with Crippen LogP contribution in [0.3, 0.4) is 0 Å². The maximum Gasteiger partial charge on any atom is 0.336 e. The lowest BCUT2D eigenvalue weighted by Gasteiger charge is -2.13. The second-order valence-corrected chi connectivity index (χ2v) is 9.10. The second kappa shape index (κ2) is 10.7. The molecule has 1 atom stereocenters. The average Bonchev–Trinajstić information content (AvgIpc) is 2.77. The fourth-order valence-electron chi connectivity index (χ4n) is 3.05. The predicted molar refractivity (Wildman–Crippen MR) is 128 cm³/mol. The molecular weight excluding hydrogens is 450 g/mol. The van der Waals surface area contributed by atoms with Gasteiger partial charge in [-0.2, -0.15) is 0 Å². The third-order valence-corrected chi connectivity index (χ3v) is 6.35. The summed E-state index contributed by atoms with van der Waals surface area (Å²) in [6.07, 6.45) is 0.698. The SMILES string of the molecule is CCc1cc2oc(=O)cc(COC(=O)[C@H](C)SCC(=O)Nc3ccc(C)cc3)c2cc1Cl. The molecule has 0 bridgehead atoms. The number of hydrogen-bond acceptors (Lipinski definition) is 6. The summed E-state index contributed by atoms with van der Waals surface area (Å²) >= 11 is 7.47. The number of amides is 1. The van der Waals surface area contributed by atoms with Crippen LogP contribution in [-0.4, -0.2) is 22.9 Å². The molecule has 168 valence electrons. The molecule has 3 aromatic rings. The molecule has 0 spiro atoms. The second-order valence-electron chi connectivity index (χ2n) is 7.36. The number of rotatable bonds is 8. The first-order valence-corrected chi connectivity index (χ1v) is 11.6. The van der Waals surface area contributed by atoms with E-state index in [1.54, 1.807) is 19.1 Å². The Bertz CT molecular complexity index is 1190. The number of thioether (sulfide) groups is 1. The van der Waals surface area contributed by atoms with Crippen LogP contribution < -0.4 is 10.9 Å². The van der Waals surface area contributed by atoms with Crippen molar-refractivity contribution in [2.45, 2.75) is 39.0 Å². The van der Waals surface area contributed by atoms with Crippen LogP contribution in [0.25, 0.3) is 11.0 Å². The van der Waals surface area contributed by atoms with Crippen molar-refractivity contribution in [1.29, 1.82) is 0 Å². The van der Waals surface area contributed by atoms with Crippen molar-refractivity contribution in [3.05, 3.63) is 74.6 Å². The van der Waals surface area contributed by atoms with Gasteiger partial charge in [0.1, 0.15) is 17.4 Å². The zero-order valence-corrected chi connectivity index (χ0v) is 19.6. The molecule has 0 unspecified atom stereocenters. The number of esters is 1. The molecule has 1 amide bonds. The van der Waals surface area contributed by atoms with Gasteiger partial charge in [-0.3, -0.25) is 9.59 Å². The summed E-state index contributed by atoms with van der Waals surface area (Å²) in [5, 5.41) is 3.42. The predicted octanol–water partition coefficient (Wildman–Crippen LogP) is 5.12. The first-order chi connectivity index (χ1) is 15.3. The highest BCUT2D eigenvalue weighted by Crippen LogP contribution is 2.27. The number of benzene rings is 2. The highest BCUT2D eigenvalue weighted by atomic mass is 35.5. The van der Waals surface area contributed by atoms with Crippen molar-refractivity contribution in [3.63, 3.8) is 0 Å². The molecule has 0 fully saturated rings. The lowest BCUT2D eigenvalue weighted by atomic mass is 10.1. The molecule has 0 saturated carbocycles. The summed E-state index contributed by atoms with van der Waals surface area (Å²) in [7, 11) is 0. The van der Waals surface area contributed by atoms with Gasteiger partial charge in [0.05, 0.1) is 5.75 Å². The van der Waals surface area contributed by atoms with E-state index >= 15 is 0 Å². The van der Waals surface area contributed by atoms with E-state index in [4.69, 9.17) is 20.8 Å². The largest absolute Gasteiger partial charge is 0.460 e. The average molecular weight is 474 g/mol. The molecule has 0 aliphatic rings. The van der Waals surface area contributed by atoms with E-state index in [2.05, 4.69) is 5.32 Å². The van der Waals surface area contributed by atoms with Gasteiger partial charge in [-0.15, -0.1) is 11.8 Å². The summed E-state index contributed by atoms with van der Waals surface area (Å²) in [5.74, 6) is -0.570. The minimum atomic E-state index is -0.555. The molecule has 0 aliphatic heterocycles. The maximum atomic E-state index is 12.4. The van der Waals surface area contributed by atoms with Gasteiger partial charge in [-0.05, 0) is 50.1 Å². The Morgan fingerprint density at radius 3 is 2.56 bits per heavy atom. The number of fused-ring (bicyclic) bond motifs is 1. The summed E-state index contributed by atoms with van der Waals surface area (Å²) < 4.78 is 10.7. The first kappa shape index (κ1) is 23.9. The molecule has 1 heterocycles. The van der Waals surface area contributed by atoms with E-state index < -0.39 is 16.8 Å². The van der Waals surface area contributed by atoms with Crippen LogP contribution >= 0.6 is 23.4 Å². The van der Waals surface area contributed by atoms with Gasteiger partial charge in [0.15, 0.2) is 0 Å². The van der Waals surface area contributed by atoms with Gasteiger partial charge in [-0.1, -0.05) is 36.2 Å². The van der Waals surface area contributed by atoms with Crippen molar-refractivity contribution >= 4 is 51.9 Å². The number of halogens is 1. The maximum absolute atomic E-state index is 12.4. The fourth-order valence-corrected chi connectivity index (χ4v) is 4.02. The normalized spacial score (nSPS) is 11.9. The van der Waals surface area contributed by atoms with Gasteiger partial charge >= 0.3 is 11.6 Å². The Hall–Kier alpha value is -2.77. The van der Waals surface area contributed by atoms with Gasteiger partial charge in [-0.25, -0.2) is 4.79 Å². The quantitative estimate of drug-likeness (QED) is 0.361. The Labute approximate surface area is 195 Å². The van der Waals surface area contributed by atoms with Crippen LogP contribution in [0.15, 0.2) is 51.7 Å². The Balaban J connectivity index is 1.58. The number of ether oxygens (including phenoxy) is 1. The molecular formula is C24H24ClNO5S. The summed E-state index contributed by atoms with van der Waals surface area (Å²) in [5.41, 5.74) is 3.07. The van der Waals surface area contributed by atoms with Crippen molar-refractivity contribution in [2.75, 3.05) is 11.1 Å². The van der Waals surface area contributed by atoms with Gasteiger partial charge in [0.25, 0.3) is 0 Å². The van der Waals surface area contributed by atoms with Crippen molar-refractivity contribution in [1.82, 2.24) is 0 Å². The molecule has 8 heteroatoms. The number of anilines is 1. The highest BCUT2D eigenvalue weighted by molar-refractivity contribution is 8.01. The number of hydrogen-bond donors (Lipinski definition) is 1. The van der Waals surface area contributed by atoms with E-state index in [0.29, 0.717) is 33.7 Å². The first-order valence-electron chi connectivity index (χ1n) is 10.2. The Morgan fingerprint density at radius 1 is 1.16 bits per heavy atom. The van der Waals surface area contributed by atoms with E-state index in [1.165, 1.54) is 17.8 Å². The van der Waals surface area contributed by atoms with Gasteiger partial charge in [0.2, 0.25) is 5.91 Å². The molecule has 0 aliphatic carbocycles. The van der Waals surface area contributed by atoms with Crippen molar-refractivity contribution in [3.8, 4) is 0 Å². The van der Waals surface area contributed by atoms with Crippen LogP contribution in [0.2, 0.25) is 5.02 Å². The smallest absolute Gasteiger partial charge is 0.336 e. The standard InChI is InChI=1S/C24H24ClNO5S/c1-4-16-9-21-19(11-20(16)25)17(10-23(28)31-21)12-30-24(29)15(3)32-13-22(27)26-18-7-5-14(2)6-8-18/h5-11,15H,4,12-13H2,1-3H3,(H,26,27)/t15-/m0/s1. The summed E-state index contributed by atoms with van der Waals surface area (Å²) in [4.78, 5) is 36.5. The van der Waals surface area contributed by atoms with Gasteiger partial charge in [0, 0.05) is 27.7 Å². The number of aryl methyl sites for hydroxylation is 2. The van der Waals surface area contributed by atoms with Crippen molar-refractivity contribution in [2.24, 2.45) is 0 Å². The van der Waals surface area contributed by atoms with Crippen LogP contribution in [-0.2, 0) is 27.4 Å². The summed E-state index contributed by atoms with van der Waals surface area (Å²) in [6, 6.07) is 12.2. The lowest BCUT2D eigenvalue weighted by Crippen LogP contribution is -2.21. The zero-order valence-electron chi connectivity index (χ0n) is 18.1. The monoisotopic (exact) mass is 473 g/mol. The number of nitrogens with one attached hydrogen (secondary N) is 1. The molecule has 1 N–H and O–H groups in total. The van der Waals surface area contributed by atoms with E-state index in [-0.39, 0.29) is 18.3 Å². The van der Waals surface area contributed by atoms with Crippen molar-refractivity contribution < 1.29 is 18.7 Å². The topological polar surface area (TPSA) is 85.6 Å². The minimum absolute atomic E-state index is 0.0941. The molecule has 3 rings (SSSR count). The van der Waals surface area contributed by atoms with E-state index in [0.717, 1.165) is 11.1 Å². The third-order valence-electron chi connectivity index (χ3n) is 4.88. The number of carbonyl (C=O) groups excluding carboxylic acids is 2. The molecule has 0 radical (unpaired) electrons. The van der Waals surface area contributed by atoms with E-state index in [9.17, 15) is 14.4 Å². The number of carbonyl (C=O) groups is 2. The molecule has 1 aromatic heterocycles. The Kier molecular flexibility index (Phi) is 7.99. The van der Waals surface area contributed by atoms with Crippen LogP contribution in [0, 0.1) is 6.92 Å². The third kappa shape index (κ3) is 6.14. The fraction of sp³-hybridized carbons (Fsp3) is 0.292. The molecule has 6 nitrogen and oxygen atoms in total. The lowest BCUT2D eigenvalue weighted by molar-refractivity contribution is -0.143. The molecule has 32 heavy (non-hydrogen) atoms. The Morgan fingerprint density at radius 2 is 1.88 bits per heavy atom. The van der Waals surface area contributed by atoms with Crippen LogP contribution in [0.1, 0.15) is 30.5 Å². The molecule has 0 saturated heterocycles. The highest BCUT2D eigenvalue weighted by Gasteiger charge is 2.18. The summed E-state index contributed by atoms with van der Waals surface area (Å²) in [6.45, 7) is 5.50. The molecule has 2 aromatic carbocycles. The zero-order chi connectivity index (χ0) is 23.3. The van der Waals surface area contributed by atoms with Crippen LogP contribution in [0.4, 0.5) is 5.69 Å². The van der Waals surface area contributed by atoms with Gasteiger partial charge < -0.3 is 14.5 Å². The van der Waals surface area contributed by atoms with E-state index in [1.807, 2.05) is 38.1 Å². The van der Waals surface area contributed by atoms with Crippen LogP contribution in [0.5, 0.6) is 0 Å². The minimum Gasteiger partial charge on any atom is -0.460 e.